The molecule has 3 rings (SSSR count). The van der Waals surface area contributed by atoms with Crippen molar-refractivity contribution < 1.29 is 23.9 Å². The molecule has 0 aliphatic carbocycles. The van der Waals surface area contributed by atoms with Gasteiger partial charge in [-0.1, -0.05) is 30.3 Å². The minimum absolute atomic E-state index is 0.0533. The molecule has 0 saturated carbocycles. The van der Waals surface area contributed by atoms with E-state index in [1.807, 2.05) is 18.2 Å². The molecule has 0 bridgehead atoms. The van der Waals surface area contributed by atoms with E-state index in [1.54, 1.807) is 0 Å². The van der Waals surface area contributed by atoms with Gasteiger partial charge in [-0.25, -0.2) is 0 Å². The number of methoxy groups -OCH3 is 2. The van der Waals surface area contributed by atoms with Crippen molar-refractivity contribution in [2.75, 3.05) is 40.5 Å². The number of nitro benzene ring substituents is 1. The van der Waals surface area contributed by atoms with E-state index in [-0.39, 0.29) is 35.4 Å². The highest BCUT2D eigenvalue weighted by Gasteiger charge is 2.29. The fourth-order valence-corrected chi connectivity index (χ4v) is 3.59. The van der Waals surface area contributed by atoms with E-state index in [4.69, 9.17) is 14.2 Å². The first-order valence-electron chi connectivity index (χ1n) is 10.1. The summed E-state index contributed by atoms with van der Waals surface area (Å²) >= 11 is 0. The Morgan fingerprint density at radius 1 is 1.19 bits per heavy atom. The third kappa shape index (κ3) is 5.93. The van der Waals surface area contributed by atoms with Crippen molar-refractivity contribution in [1.29, 1.82) is 0 Å². The molecule has 1 fully saturated rings. The summed E-state index contributed by atoms with van der Waals surface area (Å²) in [7, 11) is 2.95. The van der Waals surface area contributed by atoms with Gasteiger partial charge in [-0.15, -0.1) is 0 Å². The van der Waals surface area contributed by atoms with Crippen LogP contribution in [-0.2, 0) is 11.3 Å². The highest BCUT2D eigenvalue weighted by Crippen LogP contribution is 2.35. The molecule has 1 heterocycles. The van der Waals surface area contributed by atoms with Crippen LogP contribution >= 0.6 is 0 Å². The van der Waals surface area contributed by atoms with Crippen molar-refractivity contribution in [3.8, 4) is 11.5 Å². The number of rotatable bonds is 10. The molecule has 1 N–H and O–H groups in total. The van der Waals surface area contributed by atoms with Gasteiger partial charge in [0.15, 0.2) is 11.5 Å². The van der Waals surface area contributed by atoms with E-state index in [2.05, 4.69) is 22.3 Å². The Bertz CT molecular complexity index is 906. The molecule has 2 aromatic rings. The summed E-state index contributed by atoms with van der Waals surface area (Å²) in [5, 5.41) is 14.5. The normalized spacial score (nSPS) is 16.1. The molecule has 9 heteroatoms. The number of ether oxygens (including phenoxy) is 3. The van der Waals surface area contributed by atoms with E-state index >= 15 is 0 Å². The van der Waals surface area contributed by atoms with E-state index < -0.39 is 10.8 Å². The molecule has 0 aromatic heterocycles. The Labute approximate surface area is 181 Å². The van der Waals surface area contributed by atoms with Crippen LogP contribution in [0.5, 0.6) is 11.5 Å². The summed E-state index contributed by atoms with van der Waals surface area (Å²) in [5.74, 6) is -0.0540. The van der Waals surface area contributed by atoms with E-state index in [1.165, 1.54) is 31.9 Å². The largest absolute Gasteiger partial charge is 0.493 e. The van der Waals surface area contributed by atoms with Gasteiger partial charge >= 0.3 is 0 Å². The monoisotopic (exact) mass is 429 g/mol. The molecule has 0 unspecified atom stereocenters. The lowest BCUT2D eigenvalue weighted by Gasteiger charge is -2.17. The molecule has 166 valence electrons. The van der Waals surface area contributed by atoms with Crippen LogP contribution in [0.4, 0.5) is 5.69 Å². The van der Waals surface area contributed by atoms with Gasteiger partial charge in [0.25, 0.3) is 11.6 Å². The first-order chi connectivity index (χ1) is 15.0. The number of hydrogen-bond acceptors (Lipinski definition) is 7. The number of carbonyl (C=O) groups excluding carboxylic acids is 1. The average molecular weight is 429 g/mol. The first kappa shape index (κ1) is 22.5. The Kier molecular flexibility index (Phi) is 7.80. The second-order valence-electron chi connectivity index (χ2n) is 7.30. The van der Waals surface area contributed by atoms with Crippen molar-refractivity contribution in [2.24, 2.45) is 0 Å². The Morgan fingerprint density at radius 2 is 1.97 bits per heavy atom. The second-order valence-corrected chi connectivity index (χ2v) is 7.30. The number of carbonyl (C=O) groups is 1. The molecular weight excluding hydrogens is 402 g/mol. The van der Waals surface area contributed by atoms with Gasteiger partial charge in [-0.05, 0) is 12.0 Å². The maximum Gasteiger partial charge on any atom is 0.286 e. The van der Waals surface area contributed by atoms with Crippen molar-refractivity contribution in [1.82, 2.24) is 10.2 Å². The number of likely N-dealkylation sites (tertiary alicyclic amines) is 1. The smallest absolute Gasteiger partial charge is 0.286 e. The third-order valence-corrected chi connectivity index (χ3v) is 5.12. The molecule has 1 aliphatic rings. The number of nitro groups is 1. The molecule has 1 atom stereocenters. The van der Waals surface area contributed by atoms with Gasteiger partial charge in [0, 0.05) is 38.9 Å². The maximum atomic E-state index is 12.9. The maximum absolute atomic E-state index is 12.9. The molecule has 31 heavy (non-hydrogen) atoms. The van der Waals surface area contributed by atoms with Crippen LogP contribution < -0.4 is 14.8 Å². The van der Waals surface area contributed by atoms with Crippen LogP contribution in [0.15, 0.2) is 42.5 Å². The van der Waals surface area contributed by atoms with Gasteiger partial charge in [0.1, 0.15) is 12.2 Å². The molecule has 2 aromatic carbocycles. The second kappa shape index (κ2) is 10.7. The van der Waals surface area contributed by atoms with Gasteiger partial charge in [0.05, 0.1) is 24.7 Å². The van der Waals surface area contributed by atoms with E-state index in [9.17, 15) is 14.9 Å². The van der Waals surface area contributed by atoms with E-state index in [0.717, 1.165) is 19.5 Å². The average Bonchev–Trinajstić information content (AvgIpc) is 3.20. The summed E-state index contributed by atoms with van der Waals surface area (Å²) in [4.78, 5) is 26.1. The predicted molar refractivity (Wildman–Crippen MR) is 115 cm³/mol. The summed E-state index contributed by atoms with van der Waals surface area (Å²) in [6, 6.07) is 12.6. The van der Waals surface area contributed by atoms with Crippen LogP contribution in [0.25, 0.3) is 0 Å². The minimum atomic E-state index is -0.589. The number of benzene rings is 2. The number of amides is 1. The molecule has 0 spiro atoms. The van der Waals surface area contributed by atoms with E-state index in [0.29, 0.717) is 13.2 Å². The zero-order valence-corrected chi connectivity index (χ0v) is 17.7. The minimum Gasteiger partial charge on any atom is -0.493 e. The molecule has 1 amide bonds. The van der Waals surface area contributed by atoms with Gasteiger partial charge in [-0.3, -0.25) is 19.8 Å². The van der Waals surface area contributed by atoms with Gasteiger partial charge in [0.2, 0.25) is 0 Å². The Morgan fingerprint density at radius 3 is 2.65 bits per heavy atom. The first-order valence-corrected chi connectivity index (χ1v) is 10.1. The third-order valence-electron chi connectivity index (χ3n) is 5.12. The quantitative estimate of drug-likeness (QED) is 0.352. The van der Waals surface area contributed by atoms with Crippen molar-refractivity contribution in [3.63, 3.8) is 0 Å². The van der Waals surface area contributed by atoms with Crippen molar-refractivity contribution in [2.45, 2.75) is 19.0 Å². The molecule has 1 saturated heterocycles. The highest BCUT2D eigenvalue weighted by molar-refractivity contribution is 5.99. The number of nitrogens with zero attached hydrogens (tertiary/aromatic N) is 2. The fraction of sp³-hybridized carbons (Fsp3) is 0.409. The lowest BCUT2D eigenvalue weighted by atomic mass is 10.1. The standard InChI is InChI=1S/C22H27N3O6/c1-29-10-11-31-21-13-19(25(27)28)18(12-20(21)30-2)22(26)23-17-8-9-24(15-17)14-16-6-4-3-5-7-16/h3-7,12-13,17H,8-11,14-15H2,1-2H3,(H,23,26)/t17-/m0/s1. The highest BCUT2D eigenvalue weighted by atomic mass is 16.6. The fourth-order valence-electron chi connectivity index (χ4n) is 3.59. The topological polar surface area (TPSA) is 103 Å². The zero-order chi connectivity index (χ0) is 22.2. The summed E-state index contributed by atoms with van der Waals surface area (Å²) in [6.45, 7) is 2.85. The zero-order valence-electron chi connectivity index (χ0n) is 17.7. The number of hydrogen-bond donors (Lipinski definition) is 1. The molecule has 9 nitrogen and oxygen atoms in total. The molecule has 1 aliphatic heterocycles. The Hall–Kier alpha value is -3.17. The van der Waals surface area contributed by atoms with Crippen LogP contribution in [0.2, 0.25) is 0 Å². The van der Waals surface area contributed by atoms with Crippen molar-refractivity contribution in [3.05, 3.63) is 63.7 Å². The lowest BCUT2D eigenvalue weighted by Crippen LogP contribution is -2.37. The SMILES string of the molecule is COCCOc1cc([N+](=O)[O-])c(C(=O)N[C@H]2CCN(Cc3ccccc3)C2)cc1OC. The Balaban J connectivity index is 1.69. The van der Waals surface area contributed by atoms with Crippen LogP contribution in [0.1, 0.15) is 22.3 Å². The van der Waals surface area contributed by atoms with Crippen molar-refractivity contribution >= 4 is 11.6 Å². The van der Waals surface area contributed by atoms with Crippen LogP contribution in [0, 0.1) is 10.1 Å². The predicted octanol–water partition coefficient (Wildman–Crippen LogP) is 2.63. The van der Waals surface area contributed by atoms with Gasteiger partial charge in [-0.2, -0.15) is 0 Å². The van der Waals surface area contributed by atoms with Crippen LogP contribution in [0.3, 0.4) is 0 Å². The summed E-state index contributed by atoms with van der Waals surface area (Å²) < 4.78 is 15.7. The van der Waals surface area contributed by atoms with Crippen LogP contribution in [-0.4, -0.2) is 62.3 Å². The summed E-state index contributed by atoms with van der Waals surface area (Å²) in [6.07, 6.45) is 0.779. The lowest BCUT2D eigenvalue weighted by molar-refractivity contribution is -0.385. The summed E-state index contributed by atoms with van der Waals surface area (Å²) in [5.41, 5.74) is 0.825. The molecular formula is C22H27N3O6. The molecule has 0 radical (unpaired) electrons. The number of nitrogens with one attached hydrogen (secondary N) is 1. The van der Waals surface area contributed by atoms with Gasteiger partial charge < -0.3 is 19.5 Å².